The molecule has 0 aliphatic carbocycles. The lowest BCUT2D eigenvalue weighted by Gasteiger charge is -2.06. The summed E-state index contributed by atoms with van der Waals surface area (Å²) in [6.45, 7) is -0.480. The van der Waals surface area contributed by atoms with E-state index in [1.54, 1.807) is 24.3 Å². The van der Waals surface area contributed by atoms with Crippen LogP contribution in [0.4, 0.5) is 0 Å². The largest absolute Gasteiger partial charge is 0.497 e. The van der Waals surface area contributed by atoms with Crippen LogP contribution in [0, 0.1) is 10.1 Å². The average molecular weight is 197 g/mol. The fraction of sp³-hybridized carbons (Fsp3) is 0.333. The number of benzene rings is 1. The van der Waals surface area contributed by atoms with Crippen LogP contribution in [0.1, 0.15) is 11.7 Å². The molecule has 0 spiro atoms. The molecule has 76 valence electrons. The molecule has 0 aromatic heterocycles. The van der Waals surface area contributed by atoms with E-state index >= 15 is 0 Å². The second-order valence-electron chi connectivity index (χ2n) is 2.80. The lowest BCUT2D eigenvalue weighted by Crippen LogP contribution is -2.11. The molecule has 1 N–H and O–H groups in total. The average Bonchev–Trinajstić information content (AvgIpc) is 2.17. The first-order valence-electron chi connectivity index (χ1n) is 4.07. The molecule has 0 saturated heterocycles. The van der Waals surface area contributed by atoms with Gasteiger partial charge in [-0.15, -0.1) is 0 Å². The van der Waals surface area contributed by atoms with Crippen molar-refractivity contribution in [1.29, 1.82) is 0 Å². The summed E-state index contributed by atoms with van der Waals surface area (Å²) in [5, 5.41) is 19.5. The smallest absolute Gasteiger partial charge is 0.233 e. The van der Waals surface area contributed by atoms with Gasteiger partial charge in [0.05, 0.1) is 7.11 Å². The van der Waals surface area contributed by atoms with Crippen LogP contribution in [0.15, 0.2) is 24.3 Å². The van der Waals surface area contributed by atoms with Gasteiger partial charge >= 0.3 is 0 Å². The highest BCUT2D eigenvalue weighted by atomic mass is 16.6. The Hall–Kier alpha value is -1.62. The molecule has 0 saturated carbocycles. The van der Waals surface area contributed by atoms with E-state index in [0.717, 1.165) is 0 Å². The van der Waals surface area contributed by atoms with Gasteiger partial charge in [-0.2, -0.15) is 0 Å². The number of hydrogen-bond donors (Lipinski definition) is 1. The molecule has 1 aromatic carbocycles. The number of aliphatic hydroxyl groups is 1. The number of ether oxygens (including phenoxy) is 1. The van der Waals surface area contributed by atoms with Gasteiger partial charge in [-0.25, -0.2) is 0 Å². The van der Waals surface area contributed by atoms with Crippen LogP contribution in [0.25, 0.3) is 0 Å². The zero-order valence-corrected chi connectivity index (χ0v) is 7.71. The summed E-state index contributed by atoms with van der Waals surface area (Å²) >= 11 is 0. The molecule has 14 heavy (non-hydrogen) atoms. The van der Waals surface area contributed by atoms with Gasteiger partial charge in [0.2, 0.25) is 6.54 Å². The summed E-state index contributed by atoms with van der Waals surface area (Å²) in [7, 11) is 1.53. The van der Waals surface area contributed by atoms with Crippen molar-refractivity contribution in [3.63, 3.8) is 0 Å². The molecule has 0 bridgehead atoms. The number of nitro groups is 1. The summed E-state index contributed by atoms with van der Waals surface area (Å²) in [6, 6.07) is 6.51. The molecule has 1 aromatic rings. The first-order chi connectivity index (χ1) is 6.63. The Labute approximate surface area is 81.1 Å². The van der Waals surface area contributed by atoms with Crippen molar-refractivity contribution in [3.05, 3.63) is 39.9 Å². The summed E-state index contributed by atoms with van der Waals surface area (Å²) in [5.74, 6) is 0.655. The third kappa shape index (κ3) is 2.70. The minimum absolute atomic E-state index is 0.480. The molecule has 0 heterocycles. The maximum atomic E-state index is 10.1. The SMILES string of the molecule is COc1ccc([C@H](O)C[N+](=O)[O-])cc1. The minimum Gasteiger partial charge on any atom is -0.497 e. The fourth-order valence-electron chi connectivity index (χ4n) is 1.07. The zero-order valence-electron chi connectivity index (χ0n) is 7.71. The van der Waals surface area contributed by atoms with Crippen molar-refractivity contribution in [3.8, 4) is 5.75 Å². The predicted molar refractivity (Wildman–Crippen MR) is 49.8 cm³/mol. The molecule has 0 radical (unpaired) electrons. The number of aliphatic hydroxyl groups excluding tert-OH is 1. The van der Waals surface area contributed by atoms with Crippen LogP contribution in [0.3, 0.4) is 0 Å². The van der Waals surface area contributed by atoms with Crippen LogP contribution in [-0.2, 0) is 0 Å². The molecular weight excluding hydrogens is 186 g/mol. The highest BCUT2D eigenvalue weighted by molar-refractivity contribution is 5.28. The van der Waals surface area contributed by atoms with Crippen LogP contribution in [0.2, 0.25) is 0 Å². The summed E-state index contributed by atoms with van der Waals surface area (Å²) in [4.78, 5) is 9.58. The first kappa shape index (κ1) is 10.5. The lowest BCUT2D eigenvalue weighted by molar-refractivity contribution is -0.491. The number of methoxy groups -OCH3 is 1. The molecule has 0 fully saturated rings. The first-order valence-corrected chi connectivity index (χ1v) is 4.07. The Bertz CT molecular complexity index is 309. The van der Waals surface area contributed by atoms with Crippen molar-refractivity contribution in [1.82, 2.24) is 0 Å². The second kappa shape index (κ2) is 4.57. The second-order valence-corrected chi connectivity index (χ2v) is 2.80. The highest BCUT2D eigenvalue weighted by Gasteiger charge is 2.13. The van der Waals surface area contributed by atoms with Gasteiger partial charge in [-0.1, -0.05) is 12.1 Å². The maximum absolute atomic E-state index is 10.1. The van der Waals surface area contributed by atoms with E-state index in [-0.39, 0.29) is 0 Å². The predicted octanol–water partition coefficient (Wildman–Crippen LogP) is 1.01. The van der Waals surface area contributed by atoms with E-state index < -0.39 is 17.6 Å². The molecule has 0 amide bonds. The minimum atomic E-state index is -1.06. The van der Waals surface area contributed by atoms with Crippen LogP contribution >= 0.6 is 0 Å². The van der Waals surface area contributed by atoms with Crippen molar-refractivity contribution in [2.45, 2.75) is 6.10 Å². The Morgan fingerprint density at radius 1 is 1.50 bits per heavy atom. The van der Waals surface area contributed by atoms with E-state index in [0.29, 0.717) is 11.3 Å². The molecule has 0 aliphatic rings. The van der Waals surface area contributed by atoms with E-state index in [9.17, 15) is 15.2 Å². The van der Waals surface area contributed by atoms with Crippen LogP contribution in [0.5, 0.6) is 5.75 Å². The van der Waals surface area contributed by atoms with Gasteiger partial charge in [-0.3, -0.25) is 10.1 Å². The van der Waals surface area contributed by atoms with Crippen molar-refractivity contribution >= 4 is 0 Å². The van der Waals surface area contributed by atoms with Gasteiger partial charge in [-0.05, 0) is 17.7 Å². The zero-order chi connectivity index (χ0) is 10.6. The molecule has 0 aliphatic heterocycles. The van der Waals surface area contributed by atoms with Gasteiger partial charge in [0.15, 0.2) is 0 Å². The van der Waals surface area contributed by atoms with E-state index in [1.165, 1.54) is 7.11 Å². The maximum Gasteiger partial charge on any atom is 0.233 e. The highest BCUT2D eigenvalue weighted by Crippen LogP contribution is 2.17. The summed E-state index contributed by atoms with van der Waals surface area (Å²) in [6.07, 6.45) is -1.06. The van der Waals surface area contributed by atoms with Gasteiger partial charge in [0.1, 0.15) is 11.9 Å². The van der Waals surface area contributed by atoms with E-state index in [2.05, 4.69) is 0 Å². The molecule has 5 heteroatoms. The molecule has 0 unspecified atom stereocenters. The van der Waals surface area contributed by atoms with Crippen molar-refractivity contribution in [2.24, 2.45) is 0 Å². The van der Waals surface area contributed by atoms with Crippen molar-refractivity contribution in [2.75, 3.05) is 13.7 Å². The Balaban J connectivity index is 2.71. The Morgan fingerprint density at radius 3 is 2.50 bits per heavy atom. The molecular formula is C9H11NO4. The van der Waals surface area contributed by atoms with Crippen molar-refractivity contribution < 1.29 is 14.8 Å². The molecule has 1 rings (SSSR count). The lowest BCUT2D eigenvalue weighted by atomic mass is 10.1. The Morgan fingerprint density at radius 2 is 2.07 bits per heavy atom. The number of hydrogen-bond acceptors (Lipinski definition) is 4. The fourth-order valence-corrected chi connectivity index (χ4v) is 1.07. The quantitative estimate of drug-likeness (QED) is 0.577. The monoisotopic (exact) mass is 197 g/mol. The number of rotatable bonds is 4. The molecule has 1 atom stereocenters. The summed E-state index contributed by atoms with van der Waals surface area (Å²) < 4.78 is 4.91. The van der Waals surface area contributed by atoms with E-state index in [1.807, 2.05) is 0 Å². The normalized spacial score (nSPS) is 12.1. The van der Waals surface area contributed by atoms with Gasteiger partial charge in [0, 0.05) is 4.92 Å². The van der Waals surface area contributed by atoms with Gasteiger partial charge in [0.25, 0.3) is 0 Å². The third-order valence-corrected chi connectivity index (χ3v) is 1.82. The topological polar surface area (TPSA) is 72.6 Å². The Kier molecular flexibility index (Phi) is 3.41. The van der Waals surface area contributed by atoms with Crippen LogP contribution in [-0.4, -0.2) is 23.7 Å². The standard InChI is InChI=1S/C9H11NO4/c1-14-8-4-2-7(3-5-8)9(11)6-10(12)13/h2-5,9,11H,6H2,1H3/t9-/m1/s1. The summed E-state index contributed by atoms with van der Waals surface area (Å²) in [5.41, 5.74) is 0.516. The molecule has 5 nitrogen and oxygen atoms in total. The third-order valence-electron chi connectivity index (χ3n) is 1.82. The number of nitrogens with zero attached hydrogens (tertiary/aromatic N) is 1. The van der Waals surface area contributed by atoms with Gasteiger partial charge < -0.3 is 9.84 Å². The van der Waals surface area contributed by atoms with Crippen LogP contribution < -0.4 is 4.74 Å². The van der Waals surface area contributed by atoms with E-state index in [4.69, 9.17) is 4.74 Å².